The lowest BCUT2D eigenvalue weighted by atomic mass is 9.92. The minimum atomic E-state index is -5.77. The maximum absolute atomic E-state index is 12.8. The van der Waals surface area contributed by atoms with Crippen molar-refractivity contribution in [3.8, 4) is 28.0 Å². The number of rotatable bonds is 3. The Bertz CT molecular complexity index is 1440. The van der Waals surface area contributed by atoms with Crippen LogP contribution in [0.15, 0.2) is 78.9 Å². The molecule has 0 radical (unpaired) electrons. The van der Waals surface area contributed by atoms with E-state index in [2.05, 4.69) is 22.4 Å². The molecule has 3 nitrogen and oxygen atoms in total. The third-order valence-corrected chi connectivity index (χ3v) is 6.47. The van der Waals surface area contributed by atoms with Crippen LogP contribution in [0.4, 0.5) is 13.2 Å². The molecule has 0 atom stereocenters. The molecular formula is C24H15F3O3S. The maximum atomic E-state index is 12.8. The van der Waals surface area contributed by atoms with Crippen molar-refractivity contribution < 1.29 is 25.8 Å². The van der Waals surface area contributed by atoms with Crippen LogP contribution in [0, 0.1) is 0 Å². The minimum Gasteiger partial charge on any atom is -0.375 e. The van der Waals surface area contributed by atoms with Crippen molar-refractivity contribution in [2.24, 2.45) is 0 Å². The first-order chi connectivity index (χ1) is 14.8. The Morgan fingerprint density at radius 1 is 0.677 bits per heavy atom. The SMILES string of the molecule is O=S(=O)(Oc1cccc2c(-c3cccc4c3Cc3ccccc3-4)cccc12)C(F)(F)F. The number of alkyl halides is 3. The van der Waals surface area contributed by atoms with Gasteiger partial charge in [-0.1, -0.05) is 72.8 Å². The van der Waals surface area contributed by atoms with Gasteiger partial charge in [0.15, 0.2) is 5.75 Å². The van der Waals surface area contributed by atoms with Crippen LogP contribution in [0.3, 0.4) is 0 Å². The van der Waals surface area contributed by atoms with Crippen molar-refractivity contribution in [1.29, 1.82) is 0 Å². The molecule has 0 aromatic heterocycles. The quantitative estimate of drug-likeness (QED) is 0.244. The Morgan fingerprint density at radius 2 is 1.26 bits per heavy atom. The largest absolute Gasteiger partial charge is 0.534 e. The topological polar surface area (TPSA) is 43.4 Å². The summed E-state index contributed by atoms with van der Waals surface area (Å²) in [6.45, 7) is 0. The van der Waals surface area contributed by atoms with Crippen LogP contribution in [0.5, 0.6) is 5.75 Å². The summed E-state index contributed by atoms with van der Waals surface area (Å²) < 4.78 is 66.1. The van der Waals surface area contributed by atoms with Gasteiger partial charge in [0.1, 0.15) is 0 Å². The fourth-order valence-corrected chi connectivity index (χ4v) is 4.64. The Balaban J connectivity index is 1.68. The minimum absolute atomic E-state index is 0.293. The Morgan fingerprint density at radius 3 is 2.03 bits per heavy atom. The van der Waals surface area contributed by atoms with Gasteiger partial charge in [-0.05, 0) is 51.3 Å². The first kappa shape index (κ1) is 19.6. The molecule has 0 saturated carbocycles. The molecule has 1 aliphatic carbocycles. The lowest BCUT2D eigenvalue weighted by Crippen LogP contribution is -2.28. The van der Waals surface area contributed by atoms with Crippen LogP contribution in [-0.2, 0) is 16.5 Å². The molecule has 0 amide bonds. The van der Waals surface area contributed by atoms with Crippen LogP contribution in [0.1, 0.15) is 11.1 Å². The van der Waals surface area contributed by atoms with E-state index in [-0.39, 0.29) is 5.75 Å². The van der Waals surface area contributed by atoms with E-state index in [1.54, 1.807) is 18.2 Å². The monoisotopic (exact) mass is 440 g/mol. The molecule has 31 heavy (non-hydrogen) atoms. The van der Waals surface area contributed by atoms with Gasteiger partial charge in [-0.3, -0.25) is 0 Å². The summed E-state index contributed by atoms with van der Waals surface area (Å²) in [5, 5.41) is 0.905. The van der Waals surface area contributed by atoms with Gasteiger partial charge in [-0.25, -0.2) is 0 Å². The van der Waals surface area contributed by atoms with Crippen molar-refractivity contribution in [2.75, 3.05) is 0 Å². The van der Waals surface area contributed by atoms with Crippen LogP contribution in [0.25, 0.3) is 33.0 Å². The second kappa shape index (κ2) is 6.85. The normalized spacial score (nSPS) is 13.1. The zero-order chi connectivity index (χ0) is 21.8. The third kappa shape index (κ3) is 3.16. The van der Waals surface area contributed by atoms with E-state index >= 15 is 0 Å². The van der Waals surface area contributed by atoms with E-state index in [9.17, 15) is 21.6 Å². The number of halogens is 3. The summed E-state index contributed by atoms with van der Waals surface area (Å²) >= 11 is 0. The lowest BCUT2D eigenvalue weighted by Gasteiger charge is -2.15. The predicted octanol–water partition coefficient (Wildman–Crippen LogP) is 6.31. The van der Waals surface area contributed by atoms with E-state index in [1.165, 1.54) is 23.3 Å². The summed E-state index contributed by atoms with van der Waals surface area (Å²) in [6.07, 6.45) is 0.747. The molecule has 0 heterocycles. The molecule has 0 aliphatic heterocycles. The molecule has 0 fully saturated rings. The number of hydrogen-bond donors (Lipinski definition) is 0. The molecule has 7 heteroatoms. The van der Waals surface area contributed by atoms with Gasteiger partial charge in [-0.2, -0.15) is 21.6 Å². The Labute approximate surface area is 176 Å². The third-order valence-electron chi connectivity index (χ3n) is 5.51. The number of benzene rings is 4. The summed E-state index contributed by atoms with van der Waals surface area (Å²) in [5.74, 6) is -0.354. The van der Waals surface area contributed by atoms with E-state index < -0.39 is 15.6 Å². The van der Waals surface area contributed by atoms with Gasteiger partial charge < -0.3 is 4.18 Å². The highest BCUT2D eigenvalue weighted by atomic mass is 32.2. The number of hydrogen-bond acceptors (Lipinski definition) is 3. The van der Waals surface area contributed by atoms with E-state index in [4.69, 9.17) is 0 Å². The van der Waals surface area contributed by atoms with Crippen molar-refractivity contribution >= 4 is 20.9 Å². The van der Waals surface area contributed by atoms with E-state index in [0.29, 0.717) is 10.8 Å². The Hall–Kier alpha value is -3.32. The fourth-order valence-electron chi connectivity index (χ4n) is 4.16. The zero-order valence-corrected chi connectivity index (χ0v) is 16.8. The summed E-state index contributed by atoms with van der Waals surface area (Å²) in [6, 6.07) is 23.7. The van der Waals surface area contributed by atoms with Crippen molar-refractivity contribution in [1.82, 2.24) is 0 Å². The molecule has 1 aliphatic rings. The second-order valence-corrected chi connectivity index (χ2v) is 8.84. The second-order valence-electron chi connectivity index (χ2n) is 7.31. The highest BCUT2D eigenvalue weighted by Crippen LogP contribution is 2.44. The number of fused-ring (bicyclic) bond motifs is 4. The van der Waals surface area contributed by atoms with Crippen molar-refractivity contribution in [2.45, 2.75) is 11.9 Å². The van der Waals surface area contributed by atoms with Crippen molar-refractivity contribution in [3.05, 3.63) is 90.0 Å². The van der Waals surface area contributed by atoms with Gasteiger partial charge >= 0.3 is 15.6 Å². The molecule has 0 unspecified atom stereocenters. The highest BCUT2D eigenvalue weighted by Gasteiger charge is 2.48. The summed E-state index contributed by atoms with van der Waals surface area (Å²) in [5.41, 5.74) is 0.888. The average Bonchev–Trinajstić information content (AvgIpc) is 3.11. The molecule has 4 aromatic carbocycles. The van der Waals surface area contributed by atoms with Crippen LogP contribution < -0.4 is 4.18 Å². The van der Waals surface area contributed by atoms with Crippen LogP contribution >= 0.6 is 0 Å². The van der Waals surface area contributed by atoms with Gasteiger partial charge in [0.25, 0.3) is 0 Å². The molecule has 0 spiro atoms. The van der Waals surface area contributed by atoms with E-state index in [0.717, 1.165) is 28.7 Å². The predicted molar refractivity (Wildman–Crippen MR) is 113 cm³/mol. The zero-order valence-electron chi connectivity index (χ0n) is 16.0. The van der Waals surface area contributed by atoms with Crippen LogP contribution in [-0.4, -0.2) is 13.9 Å². The van der Waals surface area contributed by atoms with Crippen LogP contribution in [0.2, 0.25) is 0 Å². The highest BCUT2D eigenvalue weighted by molar-refractivity contribution is 7.88. The molecule has 156 valence electrons. The van der Waals surface area contributed by atoms with Gasteiger partial charge in [0.05, 0.1) is 0 Å². The van der Waals surface area contributed by atoms with E-state index in [1.807, 2.05) is 30.3 Å². The molecule has 5 rings (SSSR count). The fraction of sp³-hybridized carbons (Fsp3) is 0.0833. The average molecular weight is 440 g/mol. The molecule has 4 aromatic rings. The van der Waals surface area contributed by atoms with Crippen molar-refractivity contribution in [3.63, 3.8) is 0 Å². The smallest absolute Gasteiger partial charge is 0.375 e. The van der Waals surface area contributed by atoms with Gasteiger partial charge in [0, 0.05) is 5.39 Å². The lowest BCUT2D eigenvalue weighted by molar-refractivity contribution is -0.0499. The first-order valence-electron chi connectivity index (χ1n) is 9.49. The molecule has 0 N–H and O–H groups in total. The maximum Gasteiger partial charge on any atom is 0.534 e. The molecular weight excluding hydrogens is 425 g/mol. The van der Waals surface area contributed by atoms with Gasteiger partial charge in [0.2, 0.25) is 0 Å². The Kier molecular flexibility index (Phi) is 4.34. The standard InChI is InChI=1S/C24H15F3O3S/c25-24(26,27)31(28,29)30-23-13-5-11-19-18(9-4-12-21(19)23)20-10-3-8-17-16-7-2-1-6-15(16)14-22(17)20/h1-13H,14H2. The summed E-state index contributed by atoms with van der Waals surface area (Å²) in [7, 11) is -5.77. The molecule has 0 bridgehead atoms. The first-order valence-corrected chi connectivity index (χ1v) is 10.9. The molecule has 0 saturated heterocycles. The van der Waals surface area contributed by atoms with Gasteiger partial charge in [-0.15, -0.1) is 0 Å². The summed E-state index contributed by atoms with van der Waals surface area (Å²) in [4.78, 5) is 0.